The second-order valence-corrected chi connectivity index (χ2v) is 20.6. The number of aliphatic hydroxyl groups is 10. The monoisotopic (exact) mass is 772 g/mol. The Morgan fingerprint density at radius 1 is 0.722 bits per heavy atom. The number of aliphatic hydroxyl groups excluding tert-OH is 8. The first-order valence-electron chi connectivity index (χ1n) is 20.3. The van der Waals surface area contributed by atoms with Crippen molar-refractivity contribution in [3.8, 4) is 0 Å². The summed E-state index contributed by atoms with van der Waals surface area (Å²) >= 11 is 0. The molecule has 0 aromatic heterocycles. The second kappa shape index (κ2) is 13.5. The molecule has 5 aliphatic carbocycles. The number of rotatable bonds is 9. The van der Waals surface area contributed by atoms with Crippen LogP contribution in [0.1, 0.15) is 106 Å². The topological polar surface area (TPSA) is 239 Å². The van der Waals surface area contributed by atoms with E-state index < -0.39 is 102 Å². The van der Waals surface area contributed by atoms with Crippen molar-refractivity contribution < 1.29 is 70.0 Å². The van der Waals surface area contributed by atoms with Gasteiger partial charge in [-0.05, 0) is 117 Å². The van der Waals surface area contributed by atoms with Crippen molar-refractivity contribution in [2.45, 2.75) is 191 Å². The first kappa shape index (κ1) is 41.6. The Balaban J connectivity index is 1.10. The third kappa shape index (κ3) is 6.02. The van der Waals surface area contributed by atoms with E-state index in [-0.39, 0.29) is 54.1 Å². The fraction of sp³-hybridized carbons (Fsp3) is 1.00. The van der Waals surface area contributed by atoms with Crippen LogP contribution in [0.4, 0.5) is 0 Å². The van der Waals surface area contributed by atoms with Crippen LogP contribution in [0, 0.1) is 44.8 Å². The van der Waals surface area contributed by atoms with E-state index in [1.54, 1.807) is 20.8 Å². The first-order chi connectivity index (χ1) is 24.9. The lowest BCUT2D eigenvalue weighted by atomic mass is 9.41. The van der Waals surface area contributed by atoms with Gasteiger partial charge < -0.3 is 70.0 Å². The molecule has 7 rings (SSSR count). The molecule has 7 aliphatic rings. The SMILES string of the molecule is CC(C)(O)[C@H](O)CC[C@](C)(O)[C@H]1[C@@H](O)C[C@@]2(C)[C@@H]3C[C@H](O)[C@H]4C(C)(C)[C@@H](O[C@@H]5OC[C@@H](O)[C@H](O)[C@H]5O[C@@H]5OC[C@H](O)[C@H](O)[C@H]5O)CC[C@@]45C[C@@]35CC[C@]12C. The summed E-state index contributed by atoms with van der Waals surface area (Å²) in [5, 5.41) is 109. The molecule has 54 heavy (non-hydrogen) atoms. The number of hydrogen-bond acceptors (Lipinski definition) is 14. The van der Waals surface area contributed by atoms with Gasteiger partial charge in [0.2, 0.25) is 0 Å². The Kier molecular flexibility index (Phi) is 10.4. The molecule has 0 bridgehead atoms. The highest BCUT2D eigenvalue weighted by Gasteiger charge is 2.84. The lowest BCUT2D eigenvalue weighted by Crippen LogP contribution is -2.64. The van der Waals surface area contributed by atoms with Gasteiger partial charge in [0.25, 0.3) is 0 Å². The smallest absolute Gasteiger partial charge is 0.186 e. The van der Waals surface area contributed by atoms with Gasteiger partial charge in [-0.1, -0.05) is 27.7 Å². The molecule has 2 spiro atoms. The van der Waals surface area contributed by atoms with Gasteiger partial charge in [0, 0.05) is 5.92 Å². The van der Waals surface area contributed by atoms with Crippen LogP contribution >= 0.6 is 0 Å². The van der Waals surface area contributed by atoms with Crippen molar-refractivity contribution in [2.75, 3.05) is 13.2 Å². The van der Waals surface area contributed by atoms with E-state index in [4.69, 9.17) is 18.9 Å². The van der Waals surface area contributed by atoms with E-state index in [1.807, 2.05) is 0 Å². The molecule has 2 saturated heterocycles. The van der Waals surface area contributed by atoms with Gasteiger partial charge in [-0.15, -0.1) is 0 Å². The fourth-order valence-electron chi connectivity index (χ4n) is 14.0. The van der Waals surface area contributed by atoms with E-state index in [1.165, 1.54) is 0 Å². The minimum Gasteiger partial charge on any atom is -0.393 e. The maximum absolute atomic E-state index is 12.3. The van der Waals surface area contributed by atoms with Crippen LogP contribution in [0.25, 0.3) is 0 Å². The molecule has 312 valence electrons. The third-order valence-corrected chi connectivity index (χ3v) is 16.9. The highest BCUT2D eigenvalue weighted by molar-refractivity contribution is 5.33. The lowest BCUT2D eigenvalue weighted by Gasteiger charge is -2.64. The summed E-state index contributed by atoms with van der Waals surface area (Å²) in [7, 11) is 0. The average Bonchev–Trinajstić information content (AvgIpc) is 3.66. The summed E-state index contributed by atoms with van der Waals surface area (Å²) in [6.07, 6.45) is -8.34. The van der Waals surface area contributed by atoms with Crippen molar-refractivity contribution in [3.63, 3.8) is 0 Å². The van der Waals surface area contributed by atoms with Crippen molar-refractivity contribution in [3.05, 3.63) is 0 Å². The van der Waals surface area contributed by atoms with E-state index in [0.717, 1.165) is 25.7 Å². The predicted molar refractivity (Wildman–Crippen MR) is 191 cm³/mol. The quantitative estimate of drug-likeness (QED) is 0.142. The molecular weight excluding hydrogens is 704 g/mol. The zero-order valence-electron chi connectivity index (χ0n) is 33.0. The van der Waals surface area contributed by atoms with E-state index >= 15 is 0 Å². The zero-order valence-corrected chi connectivity index (χ0v) is 33.0. The van der Waals surface area contributed by atoms with Gasteiger partial charge in [0.05, 0.1) is 48.8 Å². The van der Waals surface area contributed by atoms with Crippen LogP contribution < -0.4 is 0 Å². The average molecular weight is 773 g/mol. The second-order valence-electron chi connectivity index (χ2n) is 20.6. The number of fused-ring (bicyclic) bond motifs is 2. The summed E-state index contributed by atoms with van der Waals surface area (Å²) in [6, 6.07) is 0. The van der Waals surface area contributed by atoms with Gasteiger partial charge in [-0.2, -0.15) is 0 Å². The molecule has 5 saturated carbocycles. The molecule has 0 aromatic carbocycles. The lowest BCUT2D eigenvalue weighted by molar-refractivity contribution is -0.356. The van der Waals surface area contributed by atoms with Gasteiger partial charge in [0.1, 0.15) is 36.6 Å². The van der Waals surface area contributed by atoms with E-state index in [2.05, 4.69) is 27.7 Å². The van der Waals surface area contributed by atoms with Crippen molar-refractivity contribution in [1.29, 1.82) is 0 Å². The van der Waals surface area contributed by atoms with E-state index in [9.17, 15) is 51.1 Å². The molecule has 0 aromatic rings. The van der Waals surface area contributed by atoms with Gasteiger partial charge in [-0.25, -0.2) is 0 Å². The summed E-state index contributed by atoms with van der Waals surface area (Å²) in [6.45, 7) is 13.0. The molecule has 20 atom stereocenters. The van der Waals surface area contributed by atoms with Crippen LogP contribution in [0.15, 0.2) is 0 Å². The molecule has 7 fully saturated rings. The molecule has 14 nitrogen and oxygen atoms in total. The van der Waals surface area contributed by atoms with E-state index in [0.29, 0.717) is 19.3 Å². The van der Waals surface area contributed by atoms with Gasteiger partial charge in [-0.3, -0.25) is 0 Å². The summed E-state index contributed by atoms with van der Waals surface area (Å²) in [5.74, 6) is -0.452. The predicted octanol–water partition coefficient (Wildman–Crippen LogP) is 0.318. The van der Waals surface area contributed by atoms with Crippen LogP contribution in [0.5, 0.6) is 0 Å². The third-order valence-electron chi connectivity index (χ3n) is 16.9. The molecule has 14 heteroatoms. The van der Waals surface area contributed by atoms with Gasteiger partial charge in [0.15, 0.2) is 12.6 Å². The Bertz CT molecular complexity index is 1390. The zero-order chi connectivity index (χ0) is 39.8. The molecular formula is C40H68O14. The Morgan fingerprint density at radius 3 is 2.00 bits per heavy atom. The largest absolute Gasteiger partial charge is 0.393 e. The Hall–Kier alpha value is -0.560. The summed E-state index contributed by atoms with van der Waals surface area (Å²) in [4.78, 5) is 0. The minimum absolute atomic E-state index is 0.0435. The van der Waals surface area contributed by atoms with Crippen LogP contribution in [0.2, 0.25) is 0 Å². The normalized spacial score (nSPS) is 54.4. The minimum atomic E-state index is -1.61. The van der Waals surface area contributed by atoms with Crippen molar-refractivity contribution in [2.24, 2.45) is 44.8 Å². The molecule has 0 radical (unpaired) electrons. The summed E-state index contributed by atoms with van der Waals surface area (Å²) in [5.41, 5.74) is -4.15. The molecule has 2 heterocycles. The Morgan fingerprint density at radius 2 is 1.35 bits per heavy atom. The standard InChI is InChI=1S/C40H68O14/c1-34(2)25(53-33-29(27(47)22(44)17-52-33)54-32-28(48)26(46)21(43)16-51-32)9-11-40-18-39(40)13-12-36(5)31(38(7,50)10-8-24(45)35(3,4)49)20(42)15-37(36,6)23(39)14-19(41)30(34)40/h19-33,41-50H,8-18H2,1-7H3/t19-,20-,21-,22+,23-,24+,25-,26-,27-,28+,29+,30-,31-,32-,33-,36+,37-,38-,39-,40+/m0/s1. The number of hydrogen-bond donors (Lipinski definition) is 10. The van der Waals surface area contributed by atoms with Crippen LogP contribution in [0.3, 0.4) is 0 Å². The highest BCUT2D eigenvalue weighted by atomic mass is 16.7. The first-order valence-corrected chi connectivity index (χ1v) is 20.3. The maximum Gasteiger partial charge on any atom is 0.186 e. The fourth-order valence-corrected chi connectivity index (χ4v) is 14.0. The molecule has 2 aliphatic heterocycles. The van der Waals surface area contributed by atoms with Crippen molar-refractivity contribution >= 4 is 0 Å². The molecule has 0 unspecified atom stereocenters. The van der Waals surface area contributed by atoms with Crippen LogP contribution in [-0.2, 0) is 18.9 Å². The molecule has 10 N–H and O–H groups in total. The van der Waals surface area contributed by atoms with Crippen LogP contribution in [-0.4, -0.2) is 149 Å². The van der Waals surface area contributed by atoms with Crippen molar-refractivity contribution in [1.82, 2.24) is 0 Å². The number of ether oxygens (including phenoxy) is 4. The molecule has 0 amide bonds. The maximum atomic E-state index is 12.3. The van der Waals surface area contributed by atoms with Gasteiger partial charge >= 0.3 is 0 Å². The Labute approximate surface area is 318 Å². The summed E-state index contributed by atoms with van der Waals surface area (Å²) < 4.78 is 23.9. The highest BCUT2D eigenvalue weighted by Crippen LogP contribution is 2.89.